The highest BCUT2D eigenvalue weighted by Crippen LogP contribution is 2.12. The van der Waals surface area contributed by atoms with E-state index < -0.39 is 36.3 Å². The number of carbonyl (C=O) groups excluding carboxylic acids is 4. The van der Waals surface area contributed by atoms with Crippen LogP contribution in [-0.4, -0.2) is 40.9 Å². The zero-order valence-corrected chi connectivity index (χ0v) is 20.3. The summed E-state index contributed by atoms with van der Waals surface area (Å²) in [5.74, 6) is -2.45. The second-order valence-corrected chi connectivity index (χ2v) is 8.97. The summed E-state index contributed by atoms with van der Waals surface area (Å²) >= 11 is 0. The van der Waals surface area contributed by atoms with E-state index in [1.54, 1.807) is 0 Å². The zero-order chi connectivity index (χ0) is 24.3. The van der Waals surface area contributed by atoms with Crippen molar-refractivity contribution in [3.05, 3.63) is 12.2 Å². The predicted molar refractivity (Wildman–Crippen MR) is 127 cm³/mol. The fourth-order valence-electron chi connectivity index (χ4n) is 3.84. The molecule has 1 amide bonds. The van der Waals surface area contributed by atoms with Gasteiger partial charge in [-0.3, -0.25) is 14.4 Å². The van der Waals surface area contributed by atoms with Crippen molar-refractivity contribution in [2.75, 3.05) is 0 Å². The average Bonchev–Trinajstić information content (AvgIpc) is 3.22. The smallest absolute Gasteiger partial charge is 0.343 e. The SMILES string of the molecule is CCCCCCCC/C=C\CCCCCCCC(=O)OC(=O)C(O)CC(=O)[C@@H]1CCC(=O)N1. The lowest BCUT2D eigenvalue weighted by atomic mass is 10.0. The highest BCUT2D eigenvalue weighted by Gasteiger charge is 2.31. The van der Waals surface area contributed by atoms with Crippen LogP contribution in [0.5, 0.6) is 0 Å². The van der Waals surface area contributed by atoms with Crippen molar-refractivity contribution in [1.82, 2.24) is 5.32 Å². The number of ether oxygens (including phenoxy) is 1. The molecule has 0 bridgehead atoms. The molecule has 2 atom stereocenters. The number of hydrogen-bond donors (Lipinski definition) is 2. The number of Topliss-reactive ketones (excluding diaryl/α,β-unsaturated/α-hetero) is 1. The van der Waals surface area contributed by atoms with Crippen LogP contribution >= 0.6 is 0 Å². The highest BCUT2D eigenvalue weighted by atomic mass is 16.6. The molecule has 0 aromatic carbocycles. The monoisotopic (exact) mass is 465 g/mol. The molecule has 1 fully saturated rings. The number of nitrogens with one attached hydrogen (secondary N) is 1. The van der Waals surface area contributed by atoms with E-state index >= 15 is 0 Å². The van der Waals surface area contributed by atoms with Gasteiger partial charge in [0.05, 0.1) is 6.04 Å². The molecule has 1 rings (SSSR count). The molecule has 7 heteroatoms. The molecule has 0 radical (unpaired) electrons. The van der Waals surface area contributed by atoms with Crippen molar-refractivity contribution < 1.29 is 29.0 Å². The van der Waals surface area contributed by atoms with E-state index in [2.05, 4.69) is 29.1 Å². The van der Waals surface area contributed by atoms with Crippen LogP contribution in [0.2, 0.25) is 0 Å². The van der Waals surface area contributed by atoms with Gasteiger partial charge in [-0.05, 0) is 38.5 Å². The number of amides is 1. The number of carbonyl (C=O) groups is 4. The van der Waals surface area contributed by atoms with E-state index in [9.17, 15) is 24.3 Å². The Hall–Kier alpha value is -2.02. The van der Waals surface area contributed by atoms with Crippen LogP contribution in [0.3, 0.4) is 0 Å². The first-order valence-corrected chi connectivity index (χ1v) is 12.8. The summed E-state index contributed by atoms with van der Waals surface area (Å²) in [6.07, 6.45) is 18.1. The fourth-order valence-corrected chi connectivity index (χ4v) is 3.84. The van der Waals surface area contributed by atoms with Crippen molar-refractivity contribution in [2.24, 2.45) is 0 Å². The van der Waals surface area contributed by atoms with Crippen molar-refractivity contribution in [2.45, 2.75) is 128 Å². The summed E-state index contributed by atoms with van der Waals surface area (Å²) in [5, 5.41) is 12.3. The van der Waals surface area contributed by atoms with Crippen LogP contribution in [0.15, 0.2) is 12.2 Å². The van der Waals surface area contributed by atoms with Gasteiger partial charge in [0, 0.05) is 19.3 Å². The first-order valence-electron chi connectivity index (χ1n) is 12.8. The Morgan fingerprint density at radius 1 is 0.970 bits per heavy atom. The third-order valence-corrected chi connectivity index (χ3v) is 5.91. The van der Waals surface area contributed by atoms with Crippen LogP contribution in [-0.2, 0) is 23.9 Å². The molecule has 0 aromatic heterocycles. The Bertz CT molecular complexity index is 630. The average molecular weight is 466 g/mol. The number of esters is 2. The predicted octanol–water partition coefficient (Wildman–Crippen LogP) is 4.69. The number of aliphatic hydroxyl groups excluding tert-OH is 1. The molecule has 1 aliphatic heterocycles. The Kier molecular flexibility index (Phi) is 16.2. The summed E-state index contributed by atoms with van der Waals surface area (Å²) in [6.45, 7) is 2.24. The summed E-state index contributed by atoms with van der Waals surface area (Å²) in [7, 11) is 0. The Morgan fingerprint density at radius 2 is 1.55 bits per heavy atom. The van der Waals surface area contributed by atoms with Crippen LogP contribution in [0, 0.1) is 0 Å². The fraction of sp³-hybridized carbons (Fsp3) is 0.769. The molecule has 1 unspecified atom stereocenters. The van der Waals surface area contributed by atoms with E-state index in [0.717, 1.165) is 32.1 Å². The molecule has 188 valence electrons. The van der Waals surface area contributed by atoms with Crippen LogP contribution < -0.4 is 5.32 Å². The molecule has 1 saturated heterocycles. The van der Waals surface area contributed by atoms with E-state index in [0.29, 0.717) is 12.8 Å². The van der Waals surface area contributed by atoms with E-state index in [1.165, 1.54) is 44.9 Å². The van der Waals surface area contributed by atoms with Gasteiger partial charge in [0.2, 0.25) is 5.91 Å². The van der Waals surface area contributed by atoms with E-state index in [1.807, 2.05) is 0 Å². The number of allylic oxidation sites excluding steroid dienone is 2. The van der Waals surface area contributed by atoms with Gasteiger partial charge in [-0.15, -0.1) is 0 Å². The van der Waals surface area contributed by atoms with Crippen LogP contribution in [0.25, 0.3) is 0 Å². The minimum absolute atomic E-state index is 0.114. The number of hydrogen-bond acceptors (Lipinski definition) is 6. The van der Waals surface area contributed by atoms with Crippen molar-refractivity contribution in [1.29, 1.82) is 0 Å². The van der Waals surface area contributed by atoms with E-state index in [-0.39, 0.29) is 18.7 Å². The minimum Gasteiger partial charge on any atom is -0.391 e. The molecule has 2 N–H and O–H groups in total. The minimum atomic E-state index is -1.69. The lowest BCUT2D eigenvalue weighted by molar-refractivity contribution is -0.167. The van der Waals surface area contributed by atoms with Gasteiger partial charge in [0.1, 0.15) is 0 Å². The molecule has 7 nitrogen and oxygen atoms in total. The summed E-state index contributed by atoms with van der Waals surface area (Å²) in [4.78, 5) is 46.6. The largest absolute Gasteiger partial charge is 0.391 e. The third kappa shape index (κ3) is 14.7. The molecule has 1 aliphatic rings. The maximum Gasteiger partial charge on any atom is 0.343 e. The van der Waals surface area contributed by atoms with Gasteiger partial charge in [0.15, 0.2) is 11.9 Å². The normalized spacial score (nSPS) is 16.7. The standard InChI is InChI=1S/C26H43NO6/c1-2-3-4-5-6-7-8-9-10-11-12-13-14-15-16-17-25(31)33-26(32)23(29)20-22(28)21-18-19-24(30)27-21/h9-10,21,23,29H,2-8,11-20H2,1H3,(H,27,30)/b10-9-/t21-,23?/m0/s1. The first-order chi connectivity index (χ1) is 15.9. The maximum atomic E-state index is 11.9. The molecule has 0 spiro atoms. The lowest BCUT2D eigenvalue weighted by Gasteiger charge is -2.12. The van der Waals surface area contributed by atoms with Crippen molar-refractivity contribution >= 4 is 23.6 Å². The summed E-state index contributed by atoms with van der Waals surface area (Å²) < 4.78 is 4.64. The second kappa shape index (κ2) is 18.4. The number of unbranched alkanes of at least 4 members (excludes halogenated alkanes) is 11. The zero-order valence-electron chi connectivity index (χ0n) is 20.3. The van der Waals surface area contributed by atoms with Gasteiger partial charge < -0.3 is 15.2 Å². The Balaban J connectivity index is 1.96. The molecular weight excluding hydrogens is 422 g/mol. The van der Waals surface area contributed by atoms with Gasteiger partial charge in [-0.2, -0.15) is 0 Å². The lowest BCUT2D eigenvalue weighted by Crippen LogP contribution is -2.37. The number of ketones is 1. The summed E-state index contributed by atoms with van der Waals surface area (Å²) in [6, 6.07) is -0.675. The Morgan fingerprint density at radius 3 is 2.12 bits per heavy atom. The molecule has 0 aliphatic carbocycles. The molecular formula is C26H43NO6. The first kappa shape index (κ1) is 29.0. The van der Waals surface area contributed by atoms with E-state index in [4.69, 9.17) is 0 Å². The maximum absolute atomic E-state index is 11.9. The number of rotatable bonds is 19. The summed E-state index contributed by atoms with van der Waals surface area (Å²) in [5.41, 5.74) is 0. The van der Waals surface area contributed by atoms with Gasteiger partial charge >= 0.3 is 11.9 Å². The van der Waals surface area contributed by atoms with Crippen molar-refractivity contribution in [3.8, 4) is 0 Å². The van der Waals surface area contributed by atoms with Crippen LogP contribution in [0.4, 0.5) is 0 Å². The van der Waals surface area contributed by atoms with Crippen LogP contribution in [0.1, 0.15) is 116 Å². The molecule has 33 heavy (non-hydrogen) atoms. The van der Waals surface area contributed by atoms with Gasteiger partial charge in [-0.25, -0.2) is 4.79 Å². The second-order valence-electron chi connectivity index (χ2n) is 8.97. The third-order valence-electron chi connectivity index (χ3n) is 5.91. The quantitative estimate of drug-likeness (QED) is 0.124. The number of aliphatic hydroxyl groups is 1. The van der Waals surface area contributed by atoms with Gasteiger partial charge in [0.25, 0.3) is 0 Å². The molecule has 0 aromatic rings. The van der Waals surface area contributed by atoms with Gasteiger partial charge in [-0.1, -0.05) is 70.4 Å². The topological polar surface area (TPSA) is 110 Å². The molecule has 0 saturated carbocycles. The Labute approximate surface area is 198 Å². The molecule has 1 heterocycles. The highest BCUT2D eigenvalue weighted by molar-refractivity contribution is 5.95. The van der Waals surface area contributed by atoms with Crippen molar-refractivity contribution in [3.63, 3.8) is 0 Å².